The van der Waals surface area contributed by atoms with Crippen LogP contribution < -0.4 is 4.72 Å². The first-order chi connectivity index (χ1) is 9.26. The summed E-state index contributed by atoms with van der Waals surface area (Å²) in [5, 5.41) is 8.36. The van der Waals surface area contributed by atoms with Crippen molar-refractivity contribution in [3.05, 3.63) is 29.0 Å². The molecule has 1 atom stereocenters. The molecule has 0 bridgehead atoms. The molecular formula is C11H13ClFNO5S. The fourth-order valence-corrected chi connectivity index (χ4v) is 3.00. The van der Waals surface area contributed by atoms with Crippen molar-refractivity contribution in [3.8, 4) is 0 Å². The van der Waals surface area contributed by atoms with E-state index in [1.54, 1.807) is 0 Å². The van der Waals surface area contributed by atoms with E-state index in [9.17, 15) is 17.6 Å². The predicted octanol–water partition coefficient (Wildman–Crippen LogP) is 1.25. The monoisotopic (exact) mass is 325 g/mol. The molecule has 0 spiro atoms. The summed E-state index contributed by atoms with van der Waals surface area (Å²) in [7, 11) is -2.70. The molecule has 9 heteroatoms. The number of rotatable bonds is 7. The van der Waals surface area contributed by atoms with Gasteiger partial charge in [-0.2, -0.15) is 0 Å². The van der Waals surface area contributed by atoms with Gasteiger partial charge < -0.3 is 9.84 Å². The van der Waals surface area contributed by atoms with E-state index < -0.39 is 27.9 Å². The normalized spacial score (nSPS) is 13.2. The van der Waals surface area contributed by atoms with Gasteiger partial charge in [-0.25, -0.2) is 17.5 Å². The Kier molecular flexibility index (Phi) is 5.88. The average molecular weight is 326 g/mol. The minimum Gasteiger partial charge on any atom is -0.481 e. The average Bonchev–Trinajstić information content (AvgIpc) is 2.33. The highest BCUT2D eigenvalue weighted by atomic mass is 35.5. The Morgan fingerprint density at radius 1 is 1.55 bits per heavy atom. The van der Waals surface area contributed by atoms with Gasteiger partial charge in [0, 0.05) is 13.7 Å². The largest absolute Gasteiger partial charge is 0.481 e. The van der Waals surface area contributed by atoms with E-state index in [0.717, 1.165) is 18.2 Å². The molecule has 1 rings (SSSR count). The summed E-state index contributed by atoms with van der Waals surface area (Å²) in [5.74, 6) is -1.77. The first-order valence-corrected chi connectivity index (χ1v) is 7.31. The van der Waals surface area contributed by atoms with Crippen molar-refractivity contribution in [2.24, 2.45) is 0 Å². The number of sulfonamides is 1. The van der Waals surface area contributed by atoms with Crippen molar-refractivity contribution in [3.63, 3.8) is 0 Å². The summed E-state index contributed by atoms with van der Waals surface area (Å²) in [5.41, 5.74) is 0. The van der Waals surface area contributed by atoms with E-state index in [0.29, 0.717) is 0 Å². The third-order valence-electron chi connectivity index (χ3n) is 2.42. The number of carboxylic acid groups (broad SMARTS) is 1. The minimum absolute atomic E-state index is 0.237. The highest BCUT2D eigenvalue weighted by Crippen LogP contribution is 2.21. The molecular weight excluding hydrogens is 313 g/mol. The Morgan fingerprint density at radius 3 is 2.70 bits per heavy atom. The van der Waals surface area contributed by atoms with Gasteiger partial charge in [-0.05, 0) is 18.2 Å². The molecule has 1 unspecified atom stereocenters. The molecule has 0 saturated carbocycles. The van der Waals surface area contributed by atoms with Crippen LogP contribution in [0.15, 0.2) is 23.1 Å². The van der Waals surface area contributed by atoms with E-state index in [2.05, 4.69) is 4.72 Å². The van der Waals surface area contributed by atoms with Gasteiger partial charge >= 0.3 is 5.97 Å². The smallest absolute Gasteiger partial charge is 0.306 e. The van der Waals surface area contributed by atoms with Crippen LogP contribution in [0.4, 0.5) is 4.39 Å². The molecule has 1 aromatic rings. The van der Waals surface area contributed by atoms with Crippen molar-refractivity contribution >= 4 is 27.6 Å². The van der Waals surface area contributed by atoms with Crippen LogP contribution in [0.3, 0.4) is 0 Å². The second kappa shape index (κ2) is 6.98. The molecule has 0 aromatic heterocycles. The Balaban J connectivity index is 2.82. The Hall–Kier alpha value is -1.22. The van der Waals surface area contributed by atoms with Crippen molar-refractivity contribution in [1.29, 1.82) is 0 Å². The van der Waals surface area contributed by atoms with Gasteiger partial charge in [0.1, 0.15) is 10.7 Å². The second-order valence-corrected chi connectivity index (χ2v) is 6.02. The number of ether oxygens (including phenoxy) is 1. The number of carbonyl (C=O) groups is 1. The summed E-state index contributed by atoms with van der Waals surface area (Å²) in [6, 6.07) is 2.87. The summed E-state index contributed by atoms with van der Waals surface area (Å²) >= 11 is 5.66. The van der Waals surface area contributed by atoms with Crippen LogP contribution in [-0.2, 0) is 19.6 Å². The molecule has 1 aromatic carbocycles. The molecule has 0 amide bonds. The number of benzene rings is 1. The molecule has 0 radical (unpaired) electrons. The van der Waals surface area contributed by atoms with Crippen LogP contribution >= 0.6 is 11.6 Å². The fourth-order valence-electron chi connectivity index (χ4n) is 1.41. The van der Waals surface area contributed by atoms with Gasteiger partial charge in [-0.3, -0.25) is 4.79 Å². The summed E-state index contributed by atoms with van der Waals surface area (Å²) in [6.45, 7) is -0.237. The number of nitrogens with one attached hydrogen (secondary N) is 1. The molecule has 0 aliphatic carbocycles. The van der Waals surface area contributed by atoms with Crippen LogP contribution in [0, 0.1) is 5.82 Å². The standard InChI is InChI=1S/C11H13ClFNO5S/c1-19-8(5-11(15)16)6-14-20(17,18)10-3-2-7(13)4-9(10)12/h2-4,8,14H,5-6H2,1H3,(H,15,16). The third-order valence-corrected chi connectivity index (χ3v) is 4.33. The lowest BCUT2D eigenvalue weighted by Crippen LogP contribution is -2.34. The fraction of sp³-hybridized carbons (Fsp3) is 0.364. The predicted molar refractivity (Wildman–Crippen MR) is 69.6 cm³/mol. The van der Waals surface area contributed by atoms with Gasteiger partial charge in [0.2, 0.25) is 10.0 Å². The molecule has 6 nitrogen and oxygen atoms in total. The Bertz CT molecular complexity index is 592. The zero-order chi connectivity index (χ0) is 15.3. The summed E-state index contributed by atoms with van der Waals surface area (Å²) in [4.78, 5) is 10.2. The van der Waals surface area contributed by atoms with E-state index in [4.69, 9.17) is 21.4 Å². The highest BCUT2D eigenvalue weighted by molar-refractivity contribution is 7.89. The van der Waals surface area contributed by atoms with E-state index in [1.165, 1.54) is 7.11 Å². The lowest BCUT2D eigenvalue weighted by Gasteiger charge is -2.14. The van der Waals surface area contributed by atoms with Gasteiger partial charge in [0.15, 0.2) is 0 Å². The molecule has 112 valence electrons. The molecule has 20 heavy (non-hydrogen) atoms. The first-order valence-electron chi connectivity index (χ1n) is 5.45. The van der Waals surface area contributed by atoms with Gasteiger partial charge in [0.25, 0.3) is 0 Å². The van der Waals surface area contributed by atoms with Crippen molar-refractivity contribution in [2.45, 2.75) is 17.4 Å². The number of hydrogen-bond acceptors (Lipinski definition) is 4. The molecule has 2 N–H and O–H groups in total. The van der Waals surface area contributed by atoms with E-state index in [1.807, 2.05) is 0 Å². The lowest BCUT2D eigenvalue weighted by atomic mass is 10.2. The third kappa shape index (κ3) is 4.71. The zero-order valence-electron chi connectivity index (χ0n) is 10.5. The Labute approximate surface area is 120 Å². The van der Waals surface area contributed by atoms with Gasteiger partial charge in [-0.1, -0.05) is 11.6 Å². The quantitative estimate of drug-likeness (QED) is 0.787. The number of methoxy groups -OCH3 is 1. The molecule has 0 saturated heterocycles. The van der Waals surface area contributed by atoms with E-state index in [-0.39, 0.29) is 22.9 Å². The molecule has 0 aliphatic heterocycles. The summed E-state index contributed by atoms with van der Waals surface area (Å²) < 4.78 is 43.8. The van der Waals surface area contributed by atoms with E-state index >= 15 is 0 Å². The van der Waals surface area contributed by atoms with Crippen LogP contribution in [0.5, 0.6) is 0 Å². The van der Waals surface area contributed by atoms with Crippen LogP contribution in [0.1, 0.15) is 6.42 Å². The van der Waals surface area contributed by atoms with Crippen molar-refractivity contribution in [2.75, 3.05) is 13.7 Å². The summed E-state index contributed by atoms with van der Waals surface area (Å²) in [6.07, 6.45) is -1.17. The van der Waals surface area contributed by atoms with Crippen LogP contribution in [0.25, 0.3) is 0 Å². The molecule has 0 heterocycles. The van der Waals surface area contributed by atoms with Gasteiger partial charge in [-0.15, -0.1) is 0 Å². The lowest BCUT2D eigenvalue weighted by molar-refractivity contribution is -0.139. The van der Waals surface area contributed by atoms with Crippen LogP contribution in [-0.4, -0.2) is 39.3 Å². The minimum atomic E-state index is -3.97. The second-order valence-electron chi connectivity index (χ2n) is 3.88. The zero-order valence-corrected chi connectivity index (χ0v) is 12.0. The van der Waals surface area contributed by atoms with Crippen molar-refractivity contribution < 1.29 is 27.4 Å². The number of halogens is 2. The SMILES string of the molecule is COC(CNS(=O)(=O)c1ccc(F)cc1Cl)CC(=O)O. The Morgan fingerprint density at radius 2 is 2.20 bits per heavy atom. The maximum Gasteiger partial charge on any atom is 0.306 e. The number of hydrogen-bond donors (Lipinski definition) is 2. The van der Waals surface area contributed by atoms with Gasteiger partial charge in [0.05, 0.1) is 17.5 Å². The van der Waals surface area contributed by atoms with Crippen LogP contribution in [0.2, 0.25) is 5.02 Å². The first kappa shape index (κ1) is 16.8. The maximum atomic E-state index is 12.9. The molecule has 0 fully saturated rings. The topological polar surface area (TPSA) is 92.7 Å². The van der Waals surface area contributed by atoms with Crippen molar-refractivity contribution in [1.82, 2.24) is 4.72 Å². The maximum absolute atomic E-state index is 12.9. The highest BCUT2D eigenvalue weighted by Gasteiger charge is 2.21. The number of aliphatic carboxylic acids is 1. The molecule has 0 aliphatic rings. The number of carboxylic acids is 1.